The Labute approximate surface area is 103 Å². The van der Waals surface area contributed by atoms with Gasteiger partial charge in [0.2, 0.25) is 10.0 Å². The summed E-state index contributed by atoms with van der Waals surface area (Å²) in [6.07, 6.45) is 1.48. The van der Waals surface area contributed by atoms with Gasteiger partial charge in [0.15, 0.2) is 5.82 Å². The van der Waals surface area contributed by atoms with Gasteiger partial charge in [-0.15, -0.1) is 11.6 Å². The normalized spacial score (nSPS) is 16.2. The molecule has 1 fully saturated rings. The van der Waals surface area contributed by atoms with Gasteiger partial charge >= 0.3 is 0 Å². The van der Waals surface area contributed by atoms with Crippen LogP contribution in [-0.2, 0) is 15.9 Å². The third kappa shape index (κ3) is 2.59. The van der Waals surface area contributed by atoms with E-state index in [0.29, 0.717) is 0 Å². The van der Waals surface area contributed by atoms with Crippen molar-refractivity contribution in [3.63, 3.8) is 0 Å². The number of alkyl halides is 1. The Bertz CT molecular complexity index is 543. The van der Waals surface area contributed by atoms with E-state index in [1.807, 2.05) is 0 Å². The molecule has 0 unspecified atom stereocenters. The number of sulfonamides is 1. The van der Waals surface area contributed by atoms with Gasteiger partial charge in [0, 0.05) is 11.6 Å². The zero-order chi connectivity index (χ0) is 12.6. The van der Waals surface area contributed by atoms with Crippen molar-refractivity contribution in [2.75, 3.05) is 0 Å². The topological polar surface area (TPSA) is 46.2 Å². The van der Waals surface area contributed by atoms with E-state index in [0.717, 1.165) is 25.0 Å². The Morgan fingerprint density at radius 3 is 2.53 bits per heavy atom. The van der Waals surface area contributed by atoms with Crippen molar-refractivity contribution in [3.05, 3.63) is 29.3 Å². The smallest absolute Gasteiger partial charge is 0.208 e. The molecule has 7 heteroatoms. The van der Waals surface area contributed by atoms with E-state index in [4.69, 9.17) is 11.6 Å². The van der Waals surface area contributed by atoms with Crippen LogP contribution >= 0.6 is 11.6 Å². The van der Waals surface area contributed by atoms with E-state index in [1.54, 1.807) is 0 Å². The molecule has 0 aromatic heterocycles. The first-order valence-corrected chi connectivity index (χ1v) is 7.02. The molecule has 1 aliphatic carbocycles. The van der Waals surface area contributed by atoms with Gasteiger partial charge in [0.05, 0.1) is 5.88 Å². The summed E-state index contributed by atoms with van der Waals surface area (Å²) in [5.41, 5.74) is -0.426. The molecule has 94 valence electrons. The molecule has 0 radical (unpaired) electrons. The Morgan fingerprint density at radius 2 is 2.00 bits per heavy atom. The number of nitrogens with one attached hydrogen (secondary N) is 1. The second kappa shape index (κ2) is 4.51. The first kappa shape index (κ1) is 12.7. The zero-order valence-corrected chi connectivity index (χ0v) is 10.3. The quantitative estimate of drug-likeness (QED) is 0.860. The van der Waals surface area contributed by atoms with E-state index in [2.05, 4.69) is 4.72 Å². The molecular weight excluding hydrogens is 272 g/mol. The first-order valence-electron chi connectivity index (χ1n) is 5.01. The number of rotatable bonds is 4. The number of hydrogen-bond acceptors (Lipinski definition) is 2. The lowest BCUT2D eigenvalue weighted by molar-refractivity contribution is 0.531. The molecule has 17 heavy (non-hydrogen) atoms. The molecule has 1 aromatic carbocycles. The summed E-state index contributed by atoms with van der Waals surface area (Å²) in [5.74, 6) is -2.37. The standard InChI is InChI=1S/C10H10ClF2NO2S/c11-5-7-8(12)3-4-9(10(7)13)17(15,16)14-6-1-2-6/h3-4,6,14H,1-2,5H2. The maximum absolute atomic E-state index is 13.8. The summed E-state index contributed by atoms with van der Waals surface area (Å²) < 4.78 is 52.8. The van der Waals surface area contributed by atoms with E-state index >= 15 is 0 Å². The van der Waals surface area contributed by atoms with Gasteiger partial charge < -0.3 is 0 Å². The van der Waals surface area contributed by atoms with E-state index in [9.17, 15) is 17.2 Å². The van der Waals surface area contributed by atoms with Gasteiger partial charge in [0.25, 0.3) is 0 Å². The fourth-order valence-electron chi connectivity index (χ4n) is 1.39. The molecule has 1 saturated carbocycles. The van der Waals surface area contributed by atoms with Gasteiger partial charge in [-0.05, 0) is 25.0 Å². The molecule has 2 rings (SSSR count). The SMILES string of the molecule is O=S(=O)(NC1CC1)c1ccc(F)c(CCl)c1F. The highest BCUT2D eigenvalue weighted by atomic mass is 35.5. The average molecular weight is 282 g/mol. The summed E-state index contributed by atoms with van der Waals surface area (Å²) in [6, 6.07) is 1.68. The van der Waals surface area contributed by atoms with Gasteiger partial charge in [0.1, 0.15) is 10.7 Å². The molecule has 0 saturated heterocycles. The first-order chi connectivity index (χ1) is 7.95. The predicted octanol–water partition coefficient (Wildman–Crippen LogP) is 2.14. The Kier molecular flexibility index (Phi) is 3.38. The molecule has 0 bridgehead atoms. The van der Waals surface area contributed by atoms with Crippen LogP contribution in [0.15, 0.2) is 17.0 Å². The zero-order valence-electron chi connectivity index (χ0n) is 8.71. The maximum Gasteiger partial charge on any atom is 0.243 e. The van der Waals surface area contributed by atoms with Crippen LogP contribution in [-0.4, -0.2) is 14.5 Å². The molecule has 1 N–H and O–H groups in total. The lowest BCUT2D eigenvalue weighted by atomic mass is 10.2. The molecule has 0 aliphatic heterocycles. The molecular formula is C10H10ClF2NO2S. The monoisotopic (exact) mass is 281 g/mol. The summed E-state index contributed by atoms with van der Waals surface area (Å²) in [5, 5.41) is 0. The largest absolute Gasteiger partial charge is 0.243 e. The molecule has 0 atom stereocenters. The van der Waals surface area contributed by atoms with Crippen molar-refractivity contribution < 1.29 is 17.2 Å². The van der Waals surface area contributed by atoms with Crippen molar-refractivity contribution in [1.29, 1.82) is 0 Å². The van der Waals surface area contributed by atoms with Gasteiger partial charge in [-0.2, -0.15) is 0 Å². The maximum atomic E-state index is 13.8. The molecule has 3 nitrogen and oxygen atoms in total. The second-order valence-electron chi connectivity index (χ2n) is 3.87. The van der Waals surface area contributed by atoms with Crippen molar-refractivity contribution in [2.24, 2.45) is 0 Å². The lowest BCUT2D eigenvalue weighted by Crippen LogP contribution is -2.27. The minimum Gasteiger partial charge on any atom is -0.208 e. The van der Waals surface area contributed by atoms with Crippen molar-refractivity contribution in [3.8, 4) is 0 Å². The minimum absolute atomic E-state index is 0.135. The van der Waals surface area contributed by atoms with Crippen LogP contribution in [0.25, 0.3) is 0 Å². The fourth-order valence-corrected chi connectivity index (χ4v) is 3.04. The second-order valence-corrected chi connectivity index (χ2v) is 5.82. The van der Waals surface area contributed by atoms with Crippen LogP contribution < -0.4 is 4.72 Å². The summed E-state index contributed by atoms with van der Waals surface area (Å²) in [6.45, 7) is 0. The highest BCUT2D eigenvalue weighted by molar-refractivity contribution is 7.89. The van der Waals surface area contributed by atoms with E-state index in [1.165, 1.54) is 0 Å². The number of benzene rings is 1. The Balaban J connectivity index is 2.44. The minimum atomic E-state index is -3.93. The molecule has 1 aliphatic rings. The van der Waals surface area contributed by atoms with Crippen molar-refractivity contribution in [1.82, 2.24) is 4.72 Å². The summed E-state index contributed by atoms with van der Waals surface area (Å²) in [4.78, 5) is -0.554. The van der Waals surface area contributed by atoms with E-state index in [-0.39, 0.29) is 6.04 Å². The van der Waals surface area contributed by atoms with Crippen LogP contribution in [0.2, 0.25) is 0 Å². The lowest BCUT2D eigenvalue weighted by Gasteiger charge is -2.09. The van der Waals surface area contributed by atoms with Gasteiger partial charge in [-0.1, -0.05) is 0 Å². The van der Waals surface area contributed by atoms with Gasteiger partial charge in [-0.3, -0.25) is 0 Å². The van der Waals surface area contributed by atoms with Gasteiger partial charge in [-0.25, -0.2) is 21.9 Å². The van der Waals surface area contributed by atoms with Crippen LogP contribution in [0.1, 0.15) is 18.4 Å². The van der Waals surface area contributed by atoms with Crippen molar-refractivity contribution in [2.45, 2.75) is 29.7 Å². The molecule has 0 amide bonds. The number of hydrogen-bond donors (Lipinski definition) is 1. The average Bonchev–Trinajstić information content (AvgIpc) is 3.01. The van der Waals surface area contributed by atoms with Crippen LogP contribution in [0.5, 0.6) is 0 Å². The summed E-state index contributed by atoms with van der Waals surface area (Å²) in [7, 11) is -3.93. The Morgan fingerprint density at radius 1 is 1.35 bits per heavy atom. The van der Waals surface area contributed by atoms with Crippen LogP contribution in [0, 0.1) is 11.6 Å². The number of halogens is 3. The Hall–Kier alpha value is -0.720. The van der Waals surface area contributed by atoms with Crippen molar-refractivity contribution >= 4 is 21.6 Å². The van der Waals surface area contributed by atoms with Crippen LogP contribution in [0.4, 0.5) is 8.78 Å². The summed E-state index contributed by atoms with van der Waals surface area (Å²) >= 11 is 5.38. The molecule has 1 aromatic rings. The highest BCUT2D eigenvalue weighted by Gasteiger charge is 2.30. The third-order valence-electron chi connectivity index (χ3n) is 2.47. The van der Waals surface area contributed by atoms with E-state index < -0.39 is 38.0 Å². The van der Waals surface area contributed by atoms with Crippen LogP contribution in [0.3, 0.4) is 0 Å². The third-order valence-corrected chi connectivity index (χ3v) is 4.28. The fraction of sp³-hybridized carbons (Fsp3) is 0.400. The predicted molar refractivity (Wildman–Crippen MR) is 59.3 cm³/mol. The molecule has 0 heterocycles. The highest BCUT2D eigenvalue weighted by Crippen LogP contribution is 2.26. The molecule has 0 spiro atoms.